The largest absolute Gasteiger partial charge is 0.493 e. The maximum absolute atomic E-state index is 11.5. The quantitative estimate of drug-likeness (QED) is 0.753. The number of anilines is 2. The van der Waals surface area contributed by atoms with Crippen LogP contribution in [0.2, 0.25) is 0 Å². The first-order chi connectivity index (χ1) is 8.76. The van der Waals surface area contributed by atoms with Gasteiger partial charge in [0.05, 0.1) is 25.6 Å². The minimum Gasteiger partial charge on any atom is -0.493 e. The van der Waals surface area contributed by atoms with Crippen LogP contribution in [0.15, 0.2) is 12.1 Å². The molecule has 7 nitrogen and oxygen atoms in total. The van der Waals surface area contributed by atoms with Crippen LogP contribution in [0.5, 0.6) is 11.5 Å². The van der Waals surface area contributed by atoms with Crippen LogP contribution in [0.3, 0.4) is 0 Å². The monoisotopic (exact) mass is 288 g/mol. The zero-order valence-corrected chi connectivity index (χ0v) is 11.7. The maximum Gasteiger partial charge on any atom is 0.239 e. The van der Waals surface area contributed by atoms with Crippen molar-refractivity contribution >= 4 is 27.1 Å². The van der Waals surface area contributed by atoms with Crippen LogP contribution < -0.4 is 20.5 Å². The van der Waals surface area contributed by atoms with E-state index in [0.29, 0.717) is 11.5 Å². The Morgan fingerprint density at radius 2 is 1.79 bits per heavy atom. The summed E-state index contributed by atoms with van der Waals surface area (Å²) in [5.74, 6) is -0.477. The normalized spacial score (nSPS) is 10.9. The van der Waals surface area contributed by atoms with Crippen molar-refractivity contribution in [3.63, 3.8) is 0 Å². The molecule has 0 spiro atoms. The van der Waals surface area contributed by atoms with Crippen LogP contribution in [-0.4, -0.2) is 40.6 Å². The molecule has 0 aliphatic carbocycles. The number of nitrogen functional groups attached to an aromatic ring is 1. The van der Waals surface area contributed by atoms with Crippen LogP contribution in [0, 0.1) is 0 Å². The lowest BCUT2D eigenvalue weighted by Crippen LogP contribution is -2.22. The summed E-state index contributed by atoms with van der Waals surface area (Å²) >= 11 is 0. The van der Waals surface area contributed by atoms with E-state index >= 15 is 0 Å². The number of carbonyl (C=O) groups is 1. The summed E-state index contributed by atoms with van der Waals surface area (Å²) < 4.78 is 32.1. The van der Waals surface area contributed by atoms with E-state index in [1.807, 2.05) is 0 Å². The number of rotatable bonds is 5. The van der Waals surface area contributed by atoms with Gasteiger partial charge in [-0.25, -0.2) is 8.42 Å². The van der Waals surface area contributed by atoms with E-state index in [1.165, 1.54) is 26.4 Å². The Morgan fingerprint density at radius 3 is 2.26 bits per heavy atom. The lowest BCUT2D eigenvalue weighted by Gasteiger charge is -2.13. The zero-order chi connectivity index (χ0) is 14.6. The van der Waals surface area contributed by atoms with Gasteiger partial charge < -0.3 is 20.5 Å². The Kier molecular flexibility index (Phi) is 4.60. The Morgan fingerprint density at radius 1 is 1.26 bits per heavy atom. The molecule has 8 heteroatoms. The van der Waals surface area contributed by atoms with E-state index in [-0.39, 0.29) is 11.4 Å². The molecule has 0 saturated carbocycles. The Hall–Kier alpha value is -1.96. The van der Waals surface area contributed by atoms with Crippen molar-refractivity contribution in [1.82, 2.24) is 0 Å². The van der Waals surface area contributed by atoms with Gasteiger partial charge >= 0.3 is 0 Å². The number of carbonyl (C=O) groups excluding carboxylic acids is 1. The fourth-order valence-electron chi connectivity index (χ4n) is 1.43. The maximum atomic E-state index is 11.5. The highest BCUT2D eigenvalue weighted by Gasteiger charge is 2.14. The fourth-order valence-corrected chi connectivity index (χ4v) is 1.98. The number of hydrogen-bond donors (Lipinski definition) is 2. The molecule has 0 saturated heterocycles. The molecule has 3 N–H and O–H groups in total. The van der Waals surface area contributed by atoms with Gasteiger partial charge in [-0.3, -0.25) is 4.79 Å². The van der Waals surface area contributed by atoms with Crippen molar-refractivity contribution in [2.24, 2.45) is 0 Å². The third kappa shape index (κ3) is 4.32. The molecule has 0 aliphatic heterocycles. The molecule has 1 rings (SSSR count). The molecule has 19 heavy (non-hydrogen) atoms. The molecule has 0 heterocycles. The third-order valence-electron chi connectivity index (χ3n) is 2.22. The summed E-state index contributed by atoms with van der Waals surface area (Å²) in [5, 5.41) is 2.41. The molecule has 0 atom stereocenters. The lowest BCUT2D eigenvalue weighted by molar-refractivity contribution is -0.113. The van der Waals surface area contributed by atoms with E-state index in [0.717, 1.165) is 6.26 Å². The minimum atomic E-state index is -3.39. The number of nitrogens with one attached hydrogen (secondary N) is 1. The summed E-state index contributed by atoms with van der Waals surface area (Å²) in [6.45, 7) is 0. The zero-order valence-electron chi connectivity index (χ0n) is 10.9. The lowest BCUT2D eigenvalue weighted by atomic mass is 10.2. The summed E-state index contributed by atoms with van der Waals surface area (Å²) in [6.07, 6.45) is 0.977. The van der Waals surface area contributed by atoms with Crippen LogP contribution in [0.4, 0.5) is 11.4 Å². The molecule has 1 aromatic rings. The van der Waals surface area contributed by atoms with Crippen molar-refractivity contribution in [1.29, 1.82) is 0 Å². The minimum absolute atomic E-state index is 0.250. The van der Waals surface area contributed by atoms with E-state index in [1.54, 1.807) is 0 Å². The molecular formula is C11H16N2O5S. The summed E-state index contributed by atoms with van der Waals surface area (Å²) in [7, 11) is -0.495. The molecule has 0 aromatic heterocycles. The SMILES string of the molecule is COc1cc(N)c(NC(=O)CS(C)(=O)=O)cc1OC. The van der Waals surface area contributed by atoms with Gasteiger partial charge in [-0.15, -0.1) is 0 Å². The van der Waals surface area contributed by atoms with Crippen LogP contribution >= 0.6 is 0 Å². The highest BCUT2D eigenvalue weighted by Crippen LogP contribution is 2.34. The fraction of sp³-hybridized carbons (Fsp3) is 0.364. The van der Waals surface area contributed by atoms with Gasteiger partial charge in [0, 0.05) is 18.4 Å². The number of hydrogen-bond acceptors (Lipinski definition) is 6. The topological polar surface area (TPSA) is 108 Å². The number of nitrogens with two attached hydrogens (primary N) is 1. The predicted molar refractivity (Wildman–Crippen MR) is 72.3 cm³/mol. The number of sulfone groups is 1. The third-order valence-corrected chi connectivity index (χ3v) is 3.01. The van der Waals surface area contributed by atoms with Crippen LogP contribution in [0.1, 0.15) is 0 Å². The molecule has 0 unspecified atom stereocenters. The Balaban J connectivity index is 2.99. The first-order valence-corrected chi connectivity index (χ1v) is 7.32. The van der Waals surface area contributed by atoms with Crippen molar-refractivity contribution in [3.8, 4) is 11.5 Å². The molecular weight excluding hydrogens is 272 g/mol. The van der Waals surface area contributed by atoms with Gasteiger partial charge in [0.1, 0.15) is 5.75 Å². The molecule has 106 valence electrons. The molecule has 0 radical (unpaired) electrons. The standard InChI is InChI=1S/C11H16N2O5S/c1-17-9-4-7(12)8(5-10(9)18-2)13-11(14)6-19(3,15)16/h4-5H,6,12H2,1-3H3,(H,13,14). The van der Waals surface area contributed by atoms with Crippen molar-refractivity contribution in [3.05, 3.63) is 12.1 Å². The van der Waals surface area contributed by atoms with Crippen molar-refractivity contribution in [2.75, 3.05) is 37.3 Å². The van der Waals surface area contributed by atoms with Gasteiger partial charge in [0.15, 0.2) is 21.3 Å². The van der Waals surface area contributed by atoms with Gasteiger partial charge in [0.2, 0.25) is 5.91 Å². The number of amides is 1. The number of methoxy groups -OCH3 is 2. The molecule has 0 bridgehead atoms. The van der Waals surface area contributed by atoms with Crippen molar-refractivity contribution < 1.29 is 22.7 Å². The van der Waals surface area contributed by atoms with E-state index in [2.05, 4.69) is 5.32 Å². The average molecular weight is 288 g/mol. The highest BCUT2D eigenvalue weighted by molar-refractivity contribution is 7.91. The molecule has 1 aromatic carbocycles. The Bertz CT molecular complexity index is 583. The molecule has 0 aliphatic rings. The van der Waals surface area contributed by atoms with E-state index in [4.69, 9.17) is 15.2 Å². The second-order valence-corrected chi connectivity index (χ2v) is 6.05. The van der Waals surface area contributed by atoms with E-state index in [9.17, 15) is 13.2 Å². The van der Waals surface area contributed by atoms with Crippen LogP contribution in [-0.2, 0) is 14.6 Å². The van der Waals surface area contributed by atoms with Crippen molar-refractivity contribution in [2.45, 2.75) is 0 Å². The highest BCUT2D eigenvalue weighted by atomic mass is 32.2. The summed E-state index contributed by atoms with van der Waals surface area (Å²) in [6, 6.07) is 2.95. The average Bonchev–Trinajstić information content (AvgIpc) is 2.28. The van der Waals surface area contributed by atoms with E-state index < -0.39 is 21.5 Å². The second kappa shape index (κ2) is 5.79. The molecule has 1 amide bonds. The second-order valence-electron chi connectivity index (χ2n) is 3.91. The first kappa shape index (κ1) is 15.1. The summed E-state index contributed by atoms with van der Waals surface area (Å²) in [5.41, 5.74) is 6.25. The van der Waals surface area contributed by atoms with Gasteiger partial charge in [-0.2, -0.15) is 0 Å². The molecule has 0 fully saturated rings. The van der Waals surface area contributed by atoms with Gasteiger partial charge in [-0.1, -0.05) is 0 Å². The van der Waals surface area contributed by atoms with Crippen LogP contribution in [0.25, 0.3) is 0 Å². The predicted octanol–water partition coefficient (Wildman–Crippen LogP) is 0.269. The first-order valence-electron chi connectivity index (χ1n) is 5.26. The Labute approximate surface area is 111 Å². The smallest absolute Gasteiger partial charge is 0.239 e. The number of benzene rings is 1. The van der Waals surface area contributed by atoms with Gasteiger partial charge in [-0.05, 0) is 0 Å². The van der Waals surface area contributed by atoms with Gasteiger partial charge in [0.25, 0.3) is 0 Å². The number of ether oxygens (including phenoxy) is 2. The summed E-state index contributed by atoms with van der Waals surface area (Å²) in [4.78, 5) is 11.5.